The molecule has 2 nitrogen and oxygen atoms in total. The Kier molecular flexibility index (Phi) is 4.88. The molecule has 13 heavy (non-hydrogen) atoms. The first-order chi connectivity index (χ1) is 6.38. The van der Waals surface area contributed by atoms with Crippen LogP contribution in [-0.2, 0) is 0 Å². The van der Waals surface area contributed by atoms with E-state index in [0.29, 0.717) is 6.04 Å². The normalized spacial score (nSPS) is 20.5. The van der Waals surface area contributed by atoms with E-state index in [1.165, 1.54) is 32.1 Å². The van der Waals surface area contributed by atoms with E-state index >= 15 is 0 Å². The molecule has 0 aromatic rings. The van der Waals surface area contributed by atoms with E-state index in [0.717, 1.165) is 12.3 Å². The molecule has 1 unspecified atom stereocenters. The first kappa shape index (κ1) is 10.6. The van der Waals surface area contributed by atoms with E-state index in [1.807, 2.05) is 6.92 Å². The minimum Gasteiger partial charge on any atom is -0.271 e. The second kappa shape index (κ2) is 6.01. The number of hydrogen-bond acceptors (Lipinski definition) is 2. The summed E-state index contributed by atoms with van der Waals surface area (Å²) < 4.78 is 0. The van der Waals surface area contributed by atoms with Gasteiger partial charge in [0.15, 0.2) is 0 Å². The molecule has 1 aliphatic carbocycles. The molecule has 1 rings (SSSR count). The van der Waals surface area contributed by atoms with Crippen molar-refractivity contribution in [1.82, 2.24) is 5.43 Å². The zero-order valence-corrected chi connectivity index (χ0v) is 8.47. The fourth-order valence-corrected chi connectivity index (χ4v) is 2.11. The summed E-state index contributed by atoms with van der Waals surface area (Å²) in [4.78, 5) is 0. The molecule has 0 aromatic heterocycles. The Morgan fingerprint density at radius 1 is 1.38 bits per heavy atom. The Hall–Kier alpha value is -0.520. The fourth-order valence-electron chi connectivity index (χ4n) is 2.11. The van der Waals surface area contributed by atoms with Crippen molar-refractivity contribution in [2.24, 2.45) is 11.8 Å². The van der Waals surface area contributed by atoms with Gasteiger partial charge in [0.05, 0.1) is 0 Å². The average Bonchev–Trinajstić information content (AvgIpc) is 2.21. The van der Waals surface area contributed by atoms with Crippen molar-refractivity contribution in [2.45, 2.75) is 51.5 Å². The first-order valence-electron chi connectivity index (χ1n) is 5.24. The quantitative estimate of drug-likeness (QED) is 0.395. The van der Waals surface area contributed by atoms with Crippen LogP contribution in [0.15, 0.2) is 0 Å². The molecule has 74 valence electrons. The molecule has 1 fully saturated rings. The van der Waals surface area contributed by atoms with E-state index in [2.05, 4.69) is 17.3 Å². The van der Waals surface area contributed by atoms with E-state index in [1.54, 1.807) is 0 Å². The second-order valence-corrected chi connectivity index (χ2v) is 3.80. The van der Waals surface area contributed by atoms with Crippen molar-refractivity contribution in [3.8, 4) is 11.8 Å². The SMILES string of the molecule is CC#CCC(NN)C1CCCCC1. The Labute approximate surface area is 81.2 Å². The van der Waals surface area contributed by atoms with Crippen LogP contribution in [0.5, 0.6) is 0 Å². The first-order valence-corrected chi connectivity index (χ1v) is 5.24. The zero-order chi connectivity index (χ0) is 9.52. The molecule has 0 spiro atoms. The number of hydrazine groups is 1. The molecule has 1 saturated carbocycles. The molecule has 0 heterocycles. The molecule has 0 saturated heterocycles. The molecule has 0 radical (unpaired) electrons. The van der Waals surface area contributed by atoms with E-state index in [9.17, 15) is 0 Å². The van der Waals surface area contributed by atoms with Crippen molar-refractivity contribution in [3.63, 3.8) is 0 Å². The zero-order valence-electron chi connectivity index (χ0n) is 8.47. The predicted molar refractivity (Wildman–Crippen MR) is 55.8 cm³/mol. The highest BCUT2D eigenvalue weighted by atomic mass is 15.2. The molecule has 1 aliphatic rings. The number of nitrogens with one attached hydrogen (secondary N) is 1. The van der Waals surface area contributed by atoms with E-state index in [4.69, 9.17) is 5.84 Å². The lowest BCUT2D eigenvalue weighted by Gasteiger charge is -2.28. The summed E-state index contributed by atoms with van der Waals surface area (Å²) >= 11 is 0. The summed E-state index contributed by atoms with van der Waals surface area (Å²) in [7, 11) is 0. The van der Waals surface area contributed by atoms with Gasteiger partial charge in [-0.2, -0.15) is 0 Å². The van der Waals surface area contributed by atoms with Crippen molar-refractivity contribution < 1.29 is 0 Å². The monoisotopic (exact) mass is 180 g/mol. The van der Waals surface area contributed by atoms with Crippen LogP contribution in [0, 0.1) is 17.8 Å². The standard InChI is InChI=1S/C11H20N2/c1-2-3-9-11(13-12)10-7-5-4-6-8-10/h10-11,13H,4-9,12H2,1H3. The summed E-state index contributed by atoms with van der Waals surface area (Å²) in [5.74, 6) is 12.3. The van der Waals surface area contributed by atoms with E-state index < -0.39 is 0 Å². The van der Waals surface area contributed by atoms with Gasteiger partial charge in [-0.3, -0.25) is 11.3 Å². The van der Waals surface area contributed by atoms with Gasteiger partial charge in [0, 0.05) is 12.5 Å². The number of hydrogen-bond donors (Lipinski definition) is 2. The second-order valence-electron chi connectivity index (χ2n) is 3.80. The average molecular weight is 180 g/mol. The van der Waals surface area contributed by atoms with Gasteiger partial charge in [-0.05, 0) is 25.7 Å². The highest BCUT2D eigenvalue weighted by molar-refractivity contribution is 4.99. The largest absolute Gasteiger partial charge is 0.271 e. The molecule has 0 bridgehead atoms. The summed E-state index contributed by atoms with van der Waals surface area (Å²) in [5, 5.41) is 0. The maximum Gasteiger partial charge on any atom is 0.0348 e. The summed E-state index contributed by atoms with van der Waals surface area (Å²) in [6.45, 7) is 1.88. The van der Waals surface area contributed by atoms with Gasteiger partial charge < -0.3 is 0 Å². The lowest BCUT2D eigenvalue weighted by molar-refractivity contribution is 0.273. The van der Waals surface area contributed by atoms with Crippen LogP contribution in [0.25, 0.3) is 0 Å². The maximum absolute atomic E-state index is 5.53. The molecule has 0 aliphatic heterocycles. The Morgan fingerprint density at radius 3 is 2.62 bits per heavy atom. The van der Waals surface area contributed by atoms with Gasteiger partial charge in [-0.1, -0.05) is 19.3 Å². The third-order valence-corrected chi connectivity index (χ3v) is 2.93. The minimum absolute atomic E-state index is 0.410. The summed E-state index contributed by atoms with van der Waals surface area (Å²) in [6, 6.07) is 0.410. The van der Waals surface area contributed by atoms with Crippen molar-refractivity contribution in [1.29, 1.82) is 0 Å². The molecule has 1 atom stereocenters. The molecular weight excluding hydrogens is 160 g/mol. The van der Waals surface area contributed by atoms with Crippen molar-refractivity contribution >= 4 is 0 Å². The van der Waals surface area contributed by atoms with Gasteiger partial charge >= 0.3 is 0 Å². The van der Waals surface area contributed by atoms with Crippen LogP contribution in [0.1, 0.15) is 45.4 Å². The van der Waals surface area contributed by atoms with Crippen LogP contribution < -0.4 is 11.3 Å². The lowest BCUT2D eigenvalue weighted by atomic mass is 9.83. The molecule has 0 aromatic carbocycles. The summed E-state index contributed by atoms with van der Waals surface area (Å²) in [5.41, 5.74) is 2.90. The Bertz CT molecular complexity index is 184. The molecule has 3 N–H and O–H groups in total. The molecular formula is C11H20N2. The minimum atomic E-state index is 0.410. The van der Waals surface area contributed by atoms with Crippen molar-refractivity contribution in [3.05, 3.63) is 0 Å². The number of nitrogens with two attached hydrogens (primary N) is 1. The van der Waals surface area contributed by atoms with Crippen LogP contribution in [0.4, 0.5) is 0 Å². The third kappa shape index (κ3) is 3.38. The van der Waals surface area contributed by atoms with Crippen LogP contribution in [0.2, 0.25) is 0 Å². The van der Waals surface area contributed by atoms with Gasteiger partial charge in [0.25, 0.3) is 0 Å². The fraction of sp³-hybridized carbons (Fsp3) is 0.818. The van der Waals surface area contributed by atoms with Crippen LogP contribution >= 0.6 is 0 Å². The topological polar surface area (TPSA) is 38.0 Å². The van der Waals surface area contributed by atoms with Crippen LogP contribution in [-0.4, -0.2) is 6.04 Å². The van der Waals surface area contributed by atoms with Gasteiger partial charge in [-0.25, -0.2) is 0 Å². The highest BCUT2D eigenvalue weighted by Gasteiger charge is 2.21. The van der Waals surface area contributed by atoms with E-state index in [-0.39, 0.29) is 0 Å². The van der Waals surface area contributed by atoms with Gasteiger partial charge in [-0.15, -0.1) is 11.8 Å². The van der Waals surface area contributed by atoms with Gasteiger partial charge in [0.2, 0.25) is 0 Å². The lowest BCUT2D eigenvalue weighted by Crippen LogP contribution is -2.41. The molecule has 0 amide bonds. The van der Waals surface area contributed by atoms with Crippen molar-refractivity contribution in [2.75, 3.05) is 0 Å². The van der Waals surface area contributed by atoms with Crippen LogP contribution in [0.3, 0.4) is 0 Å². The third-order valence-electron chi connectivity index (χ3n) is 2.93. The predicted octanol–water partition coefficient (Wildman–Crippen LogP) is 1.81. The smallest absolute Gasteiger partial charge is 0.0348 e. The molecule has 2 heteroatoms. The Balaban J connectivity index is 2.37. The highest BCUT2D eigenvalue weighted by Crippen LogP contribution is 2.27. The maximum atomic E-state index is 5.53. The Morgan fingerprint density at radius 2 is 2.08 bits per heavy atom. The summed E-state index contributed by atoms with van der Waals surface area (Å²) in [6.07, 6.45) is 7.66. The number of rotatable bonds is 3. The van der Waals surface area contributed by atoms with Gasteiger partial charge in [0.1, 0.15) is 0 Å².